The Morgan fingerprint density at radius 1 is 1.20 bits per heavy atom. The molecular weight excluding hydrogens is 322 g/mol. The fraction of sp³-hybridized carbons (Fsp3) is 0.286. The standard InChI is InChI=1S/C14H16BrN3O2/c1-14(2,3)18-12(19)8-11(17-13(18)20)16-10-6-4-5-9(15)7-10/h4-8,16H,1-3H3,(H,17,20). The second kappa shape index (κ2) is 5.28. The Hall–Kier alpha value is -1.82. The van der Waals surface area contributed by atoms with Crippen LogP contribution in [0.25, 0.3) is 0 Å². The first-order valence-corrected chi connectivity index (χ1v) is 6.96. The molecule has 1 aromatic heterocycles. The molecule has 2 rings (SSSR count). The van der Waals surface area contributed by atoms with E-state index in [1.807, 2.05) is 45.0 Å². The Bertz CT molecular complexity index is 710. The summed E-state index contributed by atoms with van der Waals surface area (Å²) in [6, 6.07) is 8.84. The monoisotopic (exact) mass is 337 g/mol. The van der Waals surface area contributed by atoms with Crippen molar-refractivity contribution in [2.24, 2.45) is 0 Å². The summed E-state index contributed by atoms with van der Waals surface area (Å²) in [6.45, 7) is 5.43. The van der Waals surface area contributed by atoms with Crippen LogP contribution in [0.4, 0.5) is 11.5 Å². The van der Waals surface area contributed by atoms with Crippen molar-refractivity contribution in [3.05, 3.63) is 55.6 Å². The van der Waals surface area contributed by atoms with Crippen LogP contribution in [0.3, 0.4) is 0 Å². The van der Waals surface area contributed by atoms with Gasteiger partial charge in [0.1, 0.15) is 5.82 Å². The molecule has 0 saturated carbocycles. The zero-order valence-electron chi connectivity index (χ0n) is 11.5. The van der Waals surface area contributed by atoms with Gasteiger partial charge in [0.25, 0.3) is 5.56 Å². The number of hydrogen-bond donors (Lipinski definition) is 2. The summed E-state index contributed by atoms with van der Waals surface area (Å²) in [4.78, 5) is 26.8. The van der Waals surface area contributed by atoms with Gasteiger partial charge in [-0.3, -0.25) is 14.3 Å². The summed E-state index contributed by atoms with van der Waals surface area (Å²) in [5, 5.41) is 3.01. The molecule has 0 spiro atoms. The van der Waals surface area contributed by atoms with Gasteiger partial charge in [0.15, 0.2) is 0 Å². The normalized spacial score (nSPS) is 11.4. The number of benzene rings is 1. The molecule has 0 fully saturated rings. The average molecular weight is 338 g/mol. The zero-order valence-corrected chi connectivity index (χ0v) is 13.1. The molecular formula is C14H16BrN3O2. The second-order valence-corrected chi connectivity index (χ2v) is 6.38. The van der Waals surface area contributed by atoms with E-state index in [0.29, 0.717) is 5.82 Å². The molecule has 0 aliphatic rings. The summed E-state index contributed by atoms with van der Waals surface area (Å²) >= 11 is 3.36. The molecule has 6 heteroatoms. The quantitative estimate of drug-likeness (QED) is 0.885. The minimum Gasteiger partial charge on any atom is -0.341 e. The molecule has 0 radical (unpaired) electrons. The molecule has 106 valence electrons. The van der Waals surface area contributed by atoms with E-state index >= 15 is 0 Å². The first-order chi connectivity index (χ1) is 9.27. The van der Waals surface area contributed by atoms with Gasteiger partial charge in [-0.05, 0) is 39.0 Å². The molecule has 5 nitrogen and oxygen atoms in total. The number of nitrogens with one attached hydrogen (secondary N) is 2. The predicted molar refractivity (Wildman–Crippen MR) is 83.7 cm³/mol. The fourth-order valence-corrected chi connectivity index (χ4v) is 2.32. The third-order valence-electron chi connectivity index (χ3n) is 2.71. The first kappa shape index (κ1) is 14.6. The van der Waals surface area contributed by atoms with Crippen molar-refractivity contribution in [3.8, 4) is 0 Å². The minimum atomic E-state index is -0.557. The maximum absolute atomic E-state index is 12.1. The summed E-state index contributed by atoms with van der Waals surface area (Å²) in [6.07, 6.45) is 0. The summed E-state index contributed by atoms with van der Waals surface area (Å²) in [7, 11) is 0. The van der Waals surface area contributed by atoms with E-state index in [1.54, 1.807) is 0 Å². The number of aromatic nitrogens is 2. The highest BCUT2D eigenvalue weighted by molar-refractivity contribution is 9.10. The Morgan fingerprint density at radius 3 is 2.45 bits per heavy atom. The maximum atomic E-state index is 12.1. The maximum Gasteiger partial charge on any atom is 0.330 e. The lowest BCUT2D eigenvalue weighted by molar-refractivity contribution is 0.367. The van der Waals surface area contributed by atoms with E-state index < -0.39 is 11.2 Å². The third kappa shape index (κ3) is 3.19. The van der Waals surface area contributed by atoms with Crippen molar-refractivity contribution in [1.82, 2.24) is 9.55 Å². The highest BCUT2D eigenvalue weighted by Gasteiger charge is 2.18. The molecule has 0 amide bonds. The molecule has 1 heterocycles. The number of H-pyrrole nitrogens is 1. The molecule has 0 bridgehead atoms. The smallest absolute Gasteiger partial charge is 0.330 e. The van der Waals surface area contributed by atoms with E-state index in [9.17, 15) is 9.59 Å². The van der Waals surface area contributed by atoms with Crippen LogP contribution in [0.1, 0.15) is 20.8 Å². The van der Waals surface area contributed by atoms with E-state index in [-0.39, 0.29) is 5.56 Å². The van der Waals surface area contributed by atoms with Crippen molar-refractivity contribution < 1.29 is 0 Å². The third-order valence-corrected chi connectivity index (χ3v) is 3.20. The van der Waals surface area contributed by atoms with Gasteiger partial charge in [0.2, 0.25) is 0 Å². The Balaban J connectivity index is 2.42. The lowest BCUT2D eigenvalue weighted by Gasteiger charge is -2.21. The van der Waals surface area contributed by atoms with E-state index in [2.05, 4.69) is 26.2 Å². The molecule has 20 heavy (non-hydrogen) atoms. The average Bonchev–Trinajstić information content (AvgIpc) is 2.25. The number of hydrogen-bond acceptors (Lipinski definition) is 3. The molecule has 0 atom stereocenters. The van der Waals surface area contributed by atoms with Gasteiger partial charge in [0, 0.05) is 21.8 Å². The minimum absolute atomic E-state index is 0.334. The zero-order chi connectivity index (χ0) is 14.9. The summed E-state index contributed by atoms with van der Waals surface area (Å²) in [5.41, 5.74) is -0.539. The number of halogens is 1. The fourth-order valence-electron chi connectivity index (χ4n) is 1.92. The van der Waals surface area contributed by atoms with Crippen molar-refractivity contribution in [3.63, 3.8) is 0 Å². The molecule has 0 saturated heterocycles. The van der Waals surface area contributed by atoms with Gasteiger partial charge in [-0.1, -0.05) is 22.0 Å². The molecule has 0 aliphatic carbocycles. The molecule has 0 aliphatic heterocycles. The van der Waals surface area contributed by atoms with E-state index in [4.69, 9.17) is 0 Å². The van der Waals surface area contributed by atoms with Crippen molar-refractivity contribution in [2.75, 3.05) is 5.32 Å². The first-order valence-electron chi connectivity index (χ1n) is 6.17. The predicted octanol–water partition coefficient (Wildman–Crippen LogP) is 2.80. The number of nitrogens with zero attached hydrogens (tertiary/aromatic N) is 1. The van der Waals surface area contributed by atoms with Crippen LogP contribution in [0, 0.1) is 0 Å². The Labute approximate surface area is 124 Å². The van der Waals surface area contributed by atoms with Gasteiger partial charge in [-0.2, -0.15) is 0 Å². The van der Waals surface area contributed by atoms with Crippen molar-refractivity contribution >= 4 is 27.4 Å². The highest BCUT2D eigenvalue weighted by atomic mass is 79.9. The highest BCUT2D eigenvalue weighted by Crippen LogP contribution is 2.18. The number of aromatic amines is 1. The van der Waals surface area contributed by atoms with Crippen molar-refractivity contribution in [1.29, 1.82) is 0 Å². The number of anilines is 2. The van der Waals surface area contributed by atoms with Gasteiger partial charge < -0.3 is 5.32 Å². The van der Waals surface area contributed by atoms with E-state index in [0.717, 1.165) is 10.2 Å². The van der Waals surface area contributed by atoms with Crippen LogP contribution >= 0.6 is 15.9 Å². The van der Waals surface area contributed by atoms with Crippen molar-refractivity contribution in [2.45, 2.75) is 26.3 Å². The lowest BCUT2D eigenvalue weighted by atomic mass is 10.1. The molecule has 0 unspecified atom stereocenters. The van der Waals surface area contributed by atoms with Gasteiger partial charge in [-0.15, -0.1) is 0 Å². The van der Waals surface area contributed by atoms with Crippen LogP contribution in [0.2, 0.25) is 0 Å². The summed E-state index contributed by atoms with van der Waals surface area (Å²) < 4.78 is 2.10. The van der Waals surface area contributed by atoms with Crippen LogP contribution in [0.5, 0.6) is 0 Å². The number of rotatable bonds is 2. The van der Waals surface area contributed by atoms with Crippen LogP contribution in [-0.4, -0.2) is 9.55 Å². The molecule has 2 N–H and O–H groups in total. The van der Waals surface area contributed by atoms with Gasteiger partial charge in [0.05, 0.1) is 0 Å². The lowest BCUT2D eigenvalue weighted by Crippen LogP contribution is -2.44. The topological polar surface area (TPSA) is 66.9 Å². The Kier molecular flexibility index (Phi) is 3.85. The van der Waals surface area contributed by atoms with Crippen LogP contribution in [0.15, 0.2) is 44.4 Å². The second-order valence-electron chi connectivity index (χ2n) is 5.47. The largest absolute Gasteiger partial charge is 0.341 e. The summed E-state index contributed by atoms with van der Waals surface area (Å²) in [5.74, 6) is 0.374. The van der Waals surface area contributed by atoms with E-state index in [1.165, 1.54) is 10.6 Å². The van der Waals surface area contributed by atoms with Crippen LogP contribution in [-0.2, 0) is 5.54 Å². The Morgan fingerprint density at radius 2 is 1.90 bits per heavy atom. The van der Waals surface area contributed by atoms with Gasteiger partial charge in [-0.25, -0.2) is 4.79 Å². The SMILES string of the molecule is CC(C)(C)n1c(=O)cc(Nc2cccc(Br)c2)[nH]c1=O. The molecule has 2 aromatic rings. The molecule has 1 aromatic carbocycles. The van der Waals surface area contributed by atoms with Crippen LogP contribution < -0.4 is 16.6 Å². The van der Waals surface area contributed by atoms with Gasteiger partial charge >= 0.3 is 5.69 Å².